The van der Waals surface area contributed by atoms with E-state index in [4.69, 9.17) is 5.73 Å². The fourth-order valence-electron chi connectivity index (χ4n) is 0.304. The quantitative estimate of drug-likeness (QED) is 0.491. The summed E-state index contributed by atoms with van der Waals surface area (Å²) in [5.41, 5.74) is 6.35. The topological polar surface area (TPSA) is 57.9 Å². The van der Waals surface area contributed by atoms with Crippen LogP contribution in [-0.4, -0.2) is 11.7 Å². The smallest absolute Gasteiger partial charge is 0.245 e. The first-order valence-electron chi connectivity index (χ1n) is 2.43. The number of Topliss-reactive ketones (excluding diaryl/α,β-unsaturated/α-hetero) is 1. The minimum absolute atomic E-state index is 0.162. The van der Waals surface area contributed by atoms with Crippen molar-refractivity contribution in [3.05, 3.63) is 0 Å². The van der Waals surface area contributed by atoms with Crippen molar-refractivity contribution in [3.63, 3.8) is 0 Å². The SMILES string of the molecule is CCC(=O)CC([NH])=O. The molecule has 0 saturated carbocycles. The molecule has 0 unspecified atom stereocenters. The molecule has 0 fully saturated rings. The van der Waals surface area contributed by atoms with E-state index in [1.54, 1.807) is 6.92 Å². The van der Waals surface area contributed by atoms with Crippen molar-refractivity contribution in [2.75, 3.05) is 0 Å². The van der Waals surface area contributed by atoms with E-state index >= 15 is 0 Å². The van der Waals surface area contributed by atoms with Crippen LogP contribution in [0.25, 0.3) is 0 Å². The molecule has 8 heavy (non-hydrogen) atoms. The van der Waals surface area contributed by atoms with Crippen LogP contribution in [0.4, 0.5) is 0 Å². The molecule has 0 heterocycles. The summed E-state index contributed by atoms with van der Waals surface area (Å²) in [5.74, 6) is -0.957. The monoisotopic (exact) mass is 114 g/mol. The van der Waals surface area contributed by atoms with E-state index in [-0.39, 0.29) is 12.2 Å². The van der Waals surface area contributed by atoms with Crippen LogP contribution in [0.2, 0.25) is 0 Å². The standard InChI is InChI=1S/C5H8NO2/c1-2-4(7)3-5(6)8/h6H,2-3H2,1H3. The zero-order valence-corrected chi connectivity index (χ0v) is 4.73. The van der Waals surface area contributed by atoms with Gasteiger partial charge >= 0.3 is 0 Å². The van der Waals surface area contributed by atoms with Crippen LogP contribution in [0, 0.1) is 0 Å². The second kappa shape index (κ2) is 3.18. The summed E-state index contributed by atoms with van der Waals surface area (Å²) in [6.07, 6.45) is 0.126. The predicted octanol–water partition coefficient (Wildman–Crippen LogP) is 0.165. The Morgan fingerprint density at radius 2 is 2.00 bits per heavy atom. The number of ketones is 1. The molecule has 1 amide bonds. The van der Waals surface area contributed by atoms with Crippen LogP contribution >= 0.6 is 0 Å². The highest BCUT2D eigenvalue weighted by Gasteiger charge is 2.01. The Kier molecular flexibility index (Phi) is 2.84. The lowest BCUT2D eigenvalue weighted by atomic mass is 10.2. The molecule has 0 saturated heterocycles. The number of hydrogen-bond acceptors (Lipinski definition) is 2. The Morgan fingerprint density at radius 1 is 1.50 bits per heavy atom. The molecule has 0 aromatic rings. The van der Waals surface area contributed by atoms with Crippen LogP contribution in [0.3, 0.4) is 0 Å². The zero-order chi connectivity index (χ0) is 6.57. The Labute approximate surface area is 47.9 Å². The van der Waals surface area contributed by atoms with Crippen molar-refractivity contribution in [1.29, 1.82) is 0 Å². The zero-order valence-electron chi connectivity index (χ0n) is 4.73. The van der Waals surface area contributed by atoms with E-state index in [0.29, 0.717) is 6.42 Å². The highest BCUT2D eigenvalue weighted by Crippen LogP contribution is 1.85. The van der Waals surface area contributed by atoms with Crippen molar-refractivity contribution in [2.45, 2.75) is 19.8 Å². The van der Waals surface area contributed by atoms with Crippen molar-refractivity contribution in [3.8, 4) is 0 Å². The second-order valence-corrected chi connectivity index (χ2v) is 1.49. The van der Waals surface area contributed by atoms with Gasteiger partial charge in [-0.2, -0.15) is 0 Å². The lowest BCUT2D eigenvalue weighted by Gasteiger charge is -1.86. The van der Waals surface area contributed by atoms with Gasteiger partial charge in [0, 0.05) is 6.42 Å². The molecule has 0 spiro atoms. The molecule has 3 heteroatoms. The first-order valence-corrected chi connectivity index (χ1v) is 2.43. The summed E-state index contributed by atoms with van der Waals surface area (Å²) in [6.45, 7) is 1.67. The first-order chi connectivity index (χ1) is 3.66. The van der Waals surface area contributed by atoms with E-state index in [2.05, 4.69) is 0 Å². The third-order valence-corrected chi connectivity index (χ3v) is 0.752. The highest BCUT2D eigenvalue weighted by molar-refractivity contribution is 5.96. The van der Waals surface area contributed by atoms with Crippen LogP contribution in [0.1, 0.15) is 19.8 Å². The maximum absolute atomic E-state index is 10.3. The summed E-state index contributed by atoms with van der Waals surface area (Å²) in [4.78, 5) is 20.1. The fourth-order valence-corrected chi connectivity index (χ4v) is 0.304. The van der Waals surface area contributed by atoms with Crippen LogP contribution in [0.5, 0.6) is 0 Å². The van der Waals surface area contributed by atoms with E-state index in [1.165, 1.54) is 0 Å². The van der Waals surface area contributed by atoms with Gasteiger partial charge in [0.25, 0.3) is 0 Å². The van der Waals surface area contributed by atoms with Gasteiger partial charge in [0.05, 0.1) is 6.42 Å². The molecule has 0 rings (SSSR count). The number of amides is 1. The van der Waals surface area contributed by atoms with Gasteiger partial charge in [0.1, 0.15) is 5.78 Å². The normalized spacial score (nSPS) is 8.62. The van der Waals surface area contributed by atoms with Gasteiger partial charge < -0.3 is 0 Å². The third kappa shape index (κ3) is 3.33. The number of hydrogen-bond donors (Lipinski definition) is 0. The maximum Gasteiger partial charge on any atom is 0.245 e. The average molecular weight is 114 g/mol. The second-order valence-electron chi connectivity index (χ2n) is 1.49. The molecule has 0 aromatic carbocycles. The van der Waals surface area contributed by atoms with E-state index in [9.17, 15) is 9.59 Å². The fraction of sp³-hybridized carbons (Fsp3) is 0.600. The van der Waals surface area contributed by atoms with Crippen molar-refractivity contribution in [1.82, 2.24) is 5.73 Å². The van der Waals surface area contributed by atoms with Gasteiger partial charge in [-0.1, -0.05) is 6.92 Å². The van der Waals surface area contributed by atoms with E-state index in [0.717, 1.165) is 0 Å². The van der Waals surface area contributed by atoms with Gasteiger partial charge in [0.15, 0.2) is 0 Å². The number of carbonyl (C=O) groups is 2. The summed E-state index contributed by atoms with van der Waals surface area (Å²) >= 11 is 0. The number of rotatable bonds is 3. The Bertz CT molecular complexity index is 109. The predicted molar refractivity (Wildman–Crippen MR) is 28.0 cm³/mol. The van der Waals surface area contributed by atoms with Crippen LogP contribution in [0.15, 0.2) is 0 Å². The van der Waals surface area contributed by atoms with Gasteiger partial charge in [-0.25, -0.2) is 0 Å². The van der Waals surface area contributed by atoms with Crippen LogP contribution < -0.4 is 5.73 Å². The molecule has 0 aromatic heterocycles. The van der Waals surface area contributed by atoms with Gasteiger partial charge in [0.2, 0.25) is 5.91 Å². The summed E-state index contributed by atoms with van der Waals surface area (Å²) in [7, 11) is 0. The molecule has 1 N–H and O–H groups in total. The molecule has 3 nitrogen and oxygen atoms in total. The number of carbonyl (C=O) groups excluding carboxylic acids is 2. The molecule has 0 bridgehead atoms. The largest absolute Gasteiger partial charge is 0.299 e. The Morgan fingerprint density at radius 3 is 2.12 bits per heavy atom. The van der Waals surface area contributed by atoms with Crippen molar-refractivity contribution in [2.24, 2.45) is 0 Å². The van der Waals surface area contributed by atoms with Gasteiger partial charge in [-0.3, -0.25) is 15.3 Å². The highest BCUT2D eigenvalue weighted by atomic mass is 16.2. The first kappa shape index (κ1) is 7.14. The molecule has 0 atom stereocenters. The molecule has 0 aliphatic rings. The Hall–Kier alpha value is -0.860. The summed E-state index contributed by atoms with van der Waals surface area (Å²) < 4.78 is 0. The van der Waals surface area contributed by atoms with E-state index in [1.807, 2.05) is 0 Å². The lowest BCUT2D eigenvalue weighted by Crippen LogP contribution is -2.05. The summed E-state index contributed by atoms with van der Waals surface area (Å²) in [5, 5.41) is 0. The maximum atomic E-state index is 10.3. The average Bonchev–Trinajstić information content (AvgIpc) is 1.65. The number of nitrogens with one attached hydrogen (secondary N) is 1. The summed E-state index contributed by atoms with van der Waals surface area (Å²) in [6, 6.07) is 0. The third-order valence-electron chi connectivity index (χ3n) is 0.752. The van der Waals surface area contributed by atoms with E-state index < -0.39 is 5.91 Å². The van der Waals surface area contributed by atoms with Gasteiger partial charge in [-0.15, -0.1) is 0 Å². The van der Waals surface area contributed by atoms with Gasteiger partial charge in [-0.05, 0) is 0 Å². The van der Waals surface area contributed by atoms with Crippen molar-refractivity contribution < 1.29 is 9.59 Å². The molecule has 45 valence electrons. The minimum Gasteiger partial charge on any atom is -0.299 e. The van der Waals surface area contributed by atoms with Crippen LogP contribution in [-0.2, 0) is 9.59 Å². The molecular formula is C5H8NO2. The Balaban J connectivity index is 3.40. The molecular weight excluding hydrogens is 106 g/mol. The molecule has 0 aliphatic heterocycles. The lowest BCUT2D eigenvalue weighted by molar-refractivity contribution is -0.126. The minimum atomic E-state index is -0.795. The molecule has 1 radical (unpaired) electrons. The molecule has 0 aliphatic carbocycles. The van der Waals surface area contributed by atoms with Crippen molar-refractivity contribution >= 4 is 11.7 Å².